The Morgan fingerprint density at radius 1 is 0.410 bits per heavy atom. The molecule has 0 aliphatic heterocycles. The predicted molar refractivity (Wildman–Crippen MR) is 256 cm³/mol. The summed E-state index contributed by atoms with van der Waals surface area (Å²) >= 11 is 0. The lowest BCUT2D eigenvalue weighted by atomic mass is 9.87. The molecule has 0 aromatic heterocycles. The Morgan fingerprint density at radius 2 is 0.754 bits per heavy atom. The summed E-state index contributed by atoms with van der Waals surface area (Å²) in [5.74, 6) is 3.01. The molecule has 0 saturated heterocycles. The molecule has 0 aromatic carbocycles. The molecule has 0 bridgehead atoms. The number of aliphatic hydroxyl groups excluding tert-OH is 4. The Bertz CT molecular complexity index is 1120. The molecule has 360 valence electrons. The molecule has 7 unspecified atom stereocenters. The van der Waals surface area contributed by atoms with Gasteiger partial charge in [-0.25, -0.2) is 0 Å². The zero-order chi connectivity index (χ0) is 44.2. The second-order valence-corrected chi connectivity index (χ2v) is 23.3. The van der Waals surface area contributed by atoms with E-state index < -0.39 is 0 Å². The van der Waals surface area contributed by atoms with Gasteiger partial charge >= 0.3 is 0 Å². The van der Waals surface area contributed by atoms with Crippen LogP contribution >= 0.6 is 0 Å². The summed E-state index contributed by atoms with van der Waals surface area (Å²) in [5, 5.41) is 47.4. The van der Waals surface area contributed by atoms with Gasteiger partial charge in [0, 0.05) is 36.8 Å². The highest BCUT2D eigenvalue weighted by Gasteiger charge is 2.43. The summed E-state index contributed by atoms with van der Waals surface area (Å²) in [6, 6.07) is 0. The van der Waals surface area contributed by atoms with E-state index in [0.717, 1.165) is 96.7 Å². The van der Waals surface area contributed by atoms with E-state index in [1.807, 2.05) is 27.7 Å². The fourth-order valence-corrected chi connectivity index (χ4v) is 13.9. The van der Waals surface area contributed by atoms with Gasteiger partial charge in [-0.2, -0.15) is 0 Å². The molecule has 4 aliphatic rings. The smallest absolute Gasteiger partial charge is 0.129 e. The number of rotatable bonds is 30. The summed E-state index contributed by atoms with van der Waals surface area (Å²) in [6.45, 7) is 28.2. The Kier molecular flexibility index (Phi) is 23.9. The molecule has 0 amide bonds. The van der Waals surface area contributed by atoms with Crippen LogP contribution in [0.2, 0.25) is 0 Å². The molecule has 4 saturated carbocycles. The van der Waals surface area contributed by atoms with E-state index in [2.05, 4.69) is 19.3 Å². The highest BCUT2D eigenvalue weighted by Crippen LogP contribution is 2.33. The average molecular weight is 866 g/mol. The molecule has 0 aromatic rings. The van der Waals surface area contributed by atoms with Crippen LogP contribution in [0, 0.1) is 23.7 Å². The van der Waals surface area contributed by atoms with E-state index >= 15 is 0 Å². The third kappa shape index (κ3) is 20.0. The van der Waals surface area contributed by atoms with Crippen LogP contribution in [0.4, 0.5) is 0 Å². The van der Waals surface area contributed by atoms with Crippen molar-refractivity contribution in [2.75, 3.05) is 118 Å². The van der Waals surface area contributed by atoms with Crippen molar-refractivity contribution in [2.45, 2.75) is 194 Å². The molecular weight excluding hydrogens is 759 g/mol. The Balaban J connectivity index is 1.73. The van der Waals surface area contributed by atoms with Gasteiger partial charge in [0.1, 0.15) is 77.2 Å². The van der Waals surface area contributed by atoms with E-state index in [0.29, 0.717) is 12.5 Å². The maximum Gasteiger partial charge on any atom is 0.129 e. The quantitative estimate of drug-likeness (QED) is 0.0377. The van der Waals surface area contributed by atoms with Crippen molar-refractivity contribution < 1.29 is 38.4 Å². The number of nitrogens with zero attached hydrogens (tertiary/aromatic N) is 4. The first kappa shape index (κ1) is 53.3. The number of hydrogen-bond donors (Lipinski definition) is 5. The zero-order valence-corrected chi connectivity index (χ0v) is 41.6. The van der Waals surface area contributed by atoms with Gasteiger partial charge in [-0.3, -0.25) is 0 Å². The topological polar surface area (TPSA) is 93.0 Å². The predicted octanol–water partition coefficient (Wildman–Crippen LogP) is 7.73. The van der Waals surface area contributed by atoms with Gasteiger partial charge in [0.15, 0.2) is 0 Å². The van der Waals surface area contributed by atoms with Crippen LogP contribution in [-0.4, -0.2) is 181 Å². The maximum absolute atomic E-state index is 11.2. The van der Waals surface area contributed by atoms with Crippen molar-refractivity contribution in [3.8, 4) is 0 Å². The van der Waals surface area contributed by atoms with Crippen LogP contribution in [0.5, 0.6) is 0 Å². The van der Waals surface area contributed by atoms with E-state index in [1.165, 1.54) is 179 Å². The van der Waals surface area contributed by atoms with Crippen LogP contribution in [0.15, 0.2) is 0 Å². The van der Waals surface area contributed by atoms with E-state index in [9.17, 15) is 20.4 Å². The lowest BCUT2D eigenvalue weighted by Gasteiger charge is -2.50. The number of nitrogens with one attached hydrogen (secondary N) is 1. The molecule has 0 radical (unpaired) electrons. The maximum atomic E-state index is 11.2. The first-order valence-electron chi connectivity index (χ1n) is 27.0. The van der Waals surface area contributed by atoms with Gasteiger partial charge in [0.2, 0.25) is 0 Å². The first-order chi connectivity index (χ1) is 29.2. The SMILES string of the molecule is CCC[N+](CC[N+](CCNCC(C)O)(CC[N+](C)(CC(C)O)CC1CCCCC1)CC1CCCCC1)(CC[N+](CC(C)O)(CC(C)O)CC1CCCCC1)CC1CCCCC1. The molecule has 5 N–H and O–H groups in total. The van der Waals surface area contributed by atoms with Crippen LogP contribution in [-0.2, 0) is 0 Å². The van der Waals surface area contributed by atoms with Gasteiger partial charge in [0.25, 0.3) is 0 Å². The second-order valence-electron chi connectivity index (χ2n) is 23.3. The minimum Gasteiger partial charge on any atom is -0.392 e. The van der Waals surface area contributed by atoms with Gasteiger partial charge in [0.05, 0.1) is 52.4 Å². The molecule has 7 atom stereocenters. The fraction of sp³-hybridized carbons (Fsp3) is 1.00. The molecule has 0 spiro atoms. The second kappa shape index (κ2) is 27.3. The van der Waals surface area contributed by atoms with Crippen LogP contribution in [0.3, 0.4) is 0 Å². The number of likely N-dealkylation sites (N-methyl/N-ethyl adjacent to an activating group) is 1. The van der Waals surface area contributed by atoms with Crippen LogP contribution in [0.25, 0.3) is 0 Å². The van der Waals surface area contributed by atoms with Gasteiger partial charge < -0.3 is 43.7 Å². The lowest BCUT2D eigenvalue weighted by molar-refractivity contribution is -1.01. The molecule has 4 fully saturated rings. The van der Waals surface area contributed by atoms with Crippen LogP contribution < -0.4 is 5.32 Å². The van der Waals surface area contributed by atoms with Gasteiger partial charge in [-0.05, 0) is 85.5 Å². The third-order valence-electron chi connectivity index (χ3n) is 16.7. The van der Waals surface area contributed by atoms with Crippen molar-refractivity contribution in [1.82, 2.24) is 5.32 Å². The van der Waals surface area contributed by atoms with Gasteiger partial charge in [-0.15, -0.1) is 0 Å². The third-order valence-corrected chi connectivity index (χ3v) is 16.7. The van der Waals surface area contributed by atoms with E-state index in [-0.39, 0.29) is 24.4 Å². The van der Waals surface area contributed by atoms with Crippen LogP contribution in [0.1, 0.15) is 169 Å². The molecular formula is C52H107N5O4+4. The molecule has 61 heavy (non-hydrogen) atoms. The Morgan fingerprint density at radius 3 is 1.13 bits per heavy atom. The number of aliphatic hydroxyl groups is 4. The summed E-state index contributed by atoms with van der Waals surface area (Å²) in [6.07, 6.45) is 26.9. The van der Waals surface area contributed by atoms with Crippen molar-refractivity contribution in [3.63, 3.8) is 0 Å². The lowest BCUT2D eigenvalue weighted by Crippen LogP contribution is -2.67. The monoisotopic (exact) mass is 866 g/mol. The summed E-state index contributed by atoms with van der Waals surface area (Å²) in [4.78, 5) is 0. The highest BCUT2D eigenvalue weighted by atomic mass is 16.3. The van der Waals surface area contributed by atoms with Crippen molar-refractivity contribution in [1.29, 1.82) is 0 Å². The molecule has 4 aliphatic carbocycles. The summed E-state index contributed by atoms with van der Waals surface area (Å²) < 4.78 is 4.16. The minimum atomic E-state index is -0.384. The average Bonchev–Trinajstić information content (AvgIpc) is 3.21. The fourth-order valence-electron chi connectivity index (χ4n) is 13.9. The van der Waals surface area contributed by atoms with Gasteiger partial charge in [-0.1, -0.05) is 84.0 Å². The molecule has 4 rings (SSSR count). The first-order valence-corrected chi connectivity index (χ1v) is 27.0. The minimum absolute atomic E-state index is 0.304. The standard InChI is InChI=1S/C52H107N5O4/c1-7-29-55(42-50-22-14-9-15-23-50,35-36-57(39-47(4)60,40-48(5)61)44-52-26-18-11-19-27-52)33-34-56(30-28-53-37-45(2)58,43-51-24-16-10-17-25-51)32-31-54(6,38-46(3)59)41-49-20-12-8-13-21-49/h45-53,58-61H,7-44H2,1-6H3/q+4. The van der Waals surface area contributed by atoms with E-state index in [4.69, 9.17) is 0 Å². The van der Waals surface area contributed by atoms with Crippen molar-refractivity contribution in [2.24, 2.45) is 23.7 Å². The molecule has 0 heterocycles. The Hall–Kier alpha value is -0.360. The number of hydrogen-bond acceptors (Lipinski definition) is 5. The summed E-state index contributed by atoms with van der Waals surface area (Å²) in [7, 11) is 2.48. The van der Waals surface area contributed by atoms with E-state index in [1.54, 1.807) is 0 Å². The zero-order valence-electron chi connectivity index (χ0n) is 41.6. The number of quaternary nitrogens is 4. The largest absolute Gasteiger partial charge is 0.392 e. The molecule has 9 heteroatoms. The highest BCUT2D eigenvalue weighted by molar-refractivity contribution is 4.72. The Labute approximate surface area is 378 Å². The normalized spacial score (nSPS) is 25.5. The van der Waals surface area contributed by atoms with Crippen molar-refractivity contribution in [3.05, 3.63) is 0 Å². The van der Waals surface area contributed by atoms with Crippen molar-refractivity contribution >= 4 is 0 Å². The summed E-state index contributed by atoms with van der Waals surface area (Å²) in [5.41, 5.74) is 0. The molecule has 9 nitrogen and oxygen atoms in total.